The van der Waals surface area contributed by atoms with Crippen LogP contribution >= 0.6 is 0 Å². The second-order valence-electron chi connectivity index (χ2n) is 7.35. The van der Waals surface area contributed by atoms with Gasteiger partial charge in [0.15, 0.2) is 0 Å². The first-order valence-electron chi connectivity index (χ1n) is 10.1. The highest BCUT2D eigenvalue weighted by Crippen LogP contribution is 2.62. The van der Waals surface area contributed by atoms with Crippen molar-refractivity contribution in [2.75, 3.05) is 0 Å². The van der Waals surface area contributed by atoms with E-state index >= 15 is 0 Å². The monoisotopic (exact) mass is 374 g/mol. The lowest BCUT2D eigenvalue weighted by Crippen LogP contribution is -2.26. The lowest BCUT2D eigenvalue weighted by atomic mass is 9.69. The third-order valence-corrected chi connectivity index (χ3v) is 5.88. The average Bonchev–Trinajstić information content (AvgIpc) is 3.16. The first-order valence-corrected chi connectivity index (χ1v) is 10.1. The van der Waals surface area contributed by atoms with Gasteiger partial charge in [0.1, 0.15) is 0 Å². The van der Waals surface area contributed by atoms with Gasteiger partial charge in [-0.1, -0.05) is 110 Å². The van der Waals surface area contributed by atoms with Crippen molar-refractivity contribution < 1.29 is 0 Å². The fraction of sp³-hybridized carbons (Fsp3) is 0.103. The Morgan fingerprint density at radius 2 is 1.41 bits per heavy atom. The first-order chi connectivity index (χ1) is 14.2. The second kappa shape index (κ2) is 7.56. The molecule has 0 saturated carbocycles. The molecule has 1 unspecified atom stereocenters. The number of hydrogen-bond donors (Lipinski definition) is 0. The molecule has 0 saturated heterocycles. The van der Waals surface area contributed by atoms with Gasteiger partial charge in [0, 0.05) is 0 Å². The molecule has 0 fully saturated rings. The van der Waals surface area contributed by atoms with Gasteiger partial charge >= 0.3 is 0 Å². The molecule has 1 atom stereocenters. The Kier molecular flexibility index (Phi) is 4.94. The molecule has 0 N–H and O–H groups in total. The summed E-state index contributed by atoms with van der Waals surface area (Å²) >= 11 is 0. The third kappa shape index (κ3) is 2.60. The normalized spacial score (nSPS) is 22.0. The molecule has 2 aromatic carbocycles. The number of rotatable bonds is 4. The van der Waals surface area contributed by atoms with E-state index in [0.29, 0.717) is 0 Å². The Hall–Kier alpha value is -3.38. The van der Waals surface area contributed by atoms with Crippen molar-refractivity contribution in [2.24, 2.45) is 0 Å². The minimum atomic E-state index is -0.350. The fourth-order valence-electron chi connectivity index (χ4n) is 4.89. The minimum absolute atomic E-state index is 0.350. The molecule has 2 aromatic rings. The molecule has 2 aliphatic carbocycles. The van der Waals surface area contributed by atoms with Crippen molar-refractivity contribution in [2.45, 2.75) is 19.3 Å². The second-order valence-corrected chi connectivity index (χ2v) is 7.35. The van der Waals surface area contributed by atoms with E-state index in [1.807, 2.05) is 12.2 Å². The number of fused-ring (bicyclic) bond motifs is 4. The van der Waals surface area contributed by atoms with Crippen molar-refractivity contribution in [3.05, 3.63) is 144 Å². The third-order valence-electron chi connectivity index (χ3n) is 5.88. The Bertz CT molecular complexity index is 1140. The lowest BCUT2D eigenvalue weighted by molar-refractivity contribution is 0.787. The standard InChI is InChI=1S/C29H26/c1-5-8-9-18-25-21(4)22-16-10-12-19-27(22)29(25)26(15-7-3)23(14-6-2)24-17-11-13-20-28(24)29/h5-20H,1,4H2,2-3H3/b9-8-,14-6-,15-7-,25-18+. The maximum Gasteiger partial charge on any atom is 0.0725 e. The Labute approximate surface area is 174 Å². The highest BCUT2D eigenvalue weighted by molar-refractivity contribution is 6.01. The van der Waals surface area contributed by atoms with Crippen molar-refractivity contribution in [1.82, 2.24) is 0 Å². The van der Waals surface area contributed by atoms with Crippen LogP contribution in [0.5, 0.6) is 0 Å². The predicted octanol–water partition coefficient (Wildman–Crippen LogP) is 7.59. The van der Waals surface area contributed by atoms with Crippen LogP contribution in [0.1, 0.15) is 36.1 Å². The summed E-state index contributed by atoms with van der Waals surface area (Å²) in [5.41, 5.74) is 9.72. The lowest BCUT2D eigenvalue weighted by Gasteiger charge is -2.31. The summed E-state index contributed by atoms with van der Waals surface area (Å²) in [6, 6.07) is 17.5. The SMILES string of the molecule is C=C/C=C\C=C1/C(=C)c2ccccc2C12C(/C=C\C)=C(/C=C\C)c1ccccc12. The zero-order valence-electron chi connectivity index (χ0n) is 17.2. The van der Waals surface area contributed by atoms with E-state index in [4.69, 9.17) is 0 Å². The van der Waals surface area contributed by atoms with E-state index in [-0.39, 0.29) is 5.41 Å². The molecular formula is C29H26. The molecule has 0 bridgehead atoms. The van der Waals surface area contributed by atoms with Gasteiger partial charge in [-0.15, -0.1) is 0 Å². The van der Waals surface area contributed by atoms with Gasteiger partial charge < -0.3 is 0 Å². The predicted molar refractivity (Wildman–Crippen MR) is 127 cm³/mol. The zero-order valence-corrected chi connectivity index (χ0v) is 17.2. The molecule has 2 aliphatic rings. The smallest absolute Gasteiger partial charge is 0.0725 e. The Balaban J connectivity index is 2.20. The molecule has 29 heavy (non-hydrogen) atoms. The van der Waals surface area contributed by atoms with Crippen molar-refractivity contribution in [3.63, 3.8) is 0 Å². The van der Waals surface area contributed by atoms with Gasteiger partial charge in [-0.3, -0.25) is 0 Å². The van der Waals surface area contributed by atoms with Crippen molar-refractivity contribution >= 4 is 11.1 Å². The highest BCUT2D eigenvalue weighted by Gasteiger charge is 2.52. The summed E-state index contributed by atoms with van der Waals surface area (Å²) in [6.45, 7) is 12.5. The van der Waals surface area contributed by atoms with Crippen LogP contribution in [-0.2, 0) is 5.41 Å². The number of benzene rings is 2. The van der Waals surface area contributed by atoms with Crippen molar-refractivity contribution in [1.29, 1.82) is 0 Å². The van der Waals surface area contributed by atoms with E-state index in [0.717, 1.165) is 5.57 Å². The van der Waals surface area contributed by atoms with Crippen molar-refractivity contribution in [3.8, 4) is 0 Å². The molecule has 142 valence electrons. The molecule has 4 rings (SSSR count). The number of allylic oxidation sites excluding steroid dienone is 12. The summed E-state index contributed by atoms with van der Waals surface area (Å²) in [7, 11) is 0. The van der Waals surface area contributed by atoms with E-state index in [2.05, 4.69) is 112 Å². The quantitative estimate of drug-likeness (QED) is 0.484. The molecule has 0 nitrogen and oxygen atoms in total. The van der Waals surface area contributed by atoms with Crippen LogP contribution in [0, 0.1) is 0 Å². The van der Waals surface area contributed by atoms with Crippen LogP contribution < -0.4 is 0 Å². The van der Waals surface area contributed by atoms with Crippen LogP contribution in [0.4, 0.5) is 0 Å². The van der Waals surface area contributed by atoms with Crippen LogP contribution in [0.2, 0.25) is 0 Å². The van der Waals surface area contributed by atoms with E-state index < -0.39 is 0 Å². The van der Waals surface area contributed by atoms with Gasteiger partial charge in [0.2, 0.25) is 0 Å². The highest BCUT2D eigenvalue weighted by atomic mass is 14.5. The molecule has 0 radical (unpaired) electrons. The maximum absolute atomic E-state index is 4.52. The average molecular weight is 375 g/mol. The molecule has 0 heteroatoms. The molecule has 0 aromatic heterocycles. The van der Waals surface area contributed by atoms with Gasteiger partial charge in [0.25, 0.3) is 0 Å². The van der Waals surface area contributed by atoms with Crippen LogP contribution in [0.15, 0.2) is 121 Å². The van der Waals surface area contributed by atoms with E-state index in [1.165, 1.54) is 39.0 Å². The van der Waals surface area contributed by atoms with Gasteiger partial charge in [-0.05, 0) is 58.4 Å². The minimum Gasteiger partial charge on any atom is -0.0991 e. The molecule has 0 amide bonds. The Morgan fingerprint density at radius 1 is 0.793 bits per heavy atom. The van der Waals surface area contributed by atoms with Gasteiger partial charge in [0.05, 0.1) is 5.41 Å². The summed E-state index contributed by atoms with van der Waals surface area (Å²) in [4.78, 5) is 0. The molecule has 0 heterocycles. The first kappa shape index (κ1) is 19.0. The van der Waals surface area contributed by atoms with Crippen LogP contribution in [-0.4, -0.2) is 0 Å². The van der Waals surface area contributed by atoms with E-state index in [9.17, 15) is 0 Å². The largest absolute Gasteiger partial charge is 0.0991 e. The summed E-state index contributed by atoms with van der Waals surface area (Å²) in [5.74, 6) is 0. The zero-order chi connectivity index (χ0) is 20.4. The van der Waals surface area contributed by atoms with E-state index in [1.54, 1.807) is 0 Å². The summed E-state index contributed by atoms with van der Waals surface area (Å²) < 4.78 is 0. The molecular weight excluding hydrogens is 348 g/mol. The molecule has 0 aliphatic heterocycles. The fourth-order valence-corrected chi connectivity index (χ4v) is 4.89. The summed E-state index contributed by atoms with van der Waals surface area (Å²) in [6.07, 6.45) is 16.9. The molecule has 1 spiro atoms. The van der Waals surface area contributed by atoms with Gasteiger partial charge in [-0.25, -0.2) is 0 Å². The Morgan fingerprint density at radius 3 is 2.07 bits per heavy atom. The van der Waals surface area contributed by atoms with Gasteiger partial charge in [-0.2, -0.15) is 0 Å². The maximum atomic E-state index is 4.52. The topological polar surface area (TPSA) is 0 Å². The van der Waals surface area contributed by atoms with Crippen LogP contribution in [0.25, 0.3) is 11.1 Å². The number of hydrogen-bond acceptors (Lipinski definition) is 0. The van der Waals surface area contributed by atoms with Crippen LogP contribution in [0.3, 0.4) is 0 Å². The summed E-state index contributed by atoms with van der Waals surface area (Å²) in [5, 5.41) is 0.